The smallest absolute Gasteiger partial charge is 0.316 e. The minimum Gasteiger partial charge on any atom is -0.493 e. The highest BCUT2D eigenvalue weighted by molar-refractivity contribution is 5.97. The van der Waals surface area contributed by atoms with Gasteiger partial charge < -0.3 is 41.0 Å². The molecule has 0 saturated carbocycles. The summed E-state index contributed by atoms with van der Waals surface area (Å²) in [6.45, 7) is 2.32. The second-order valence-electron chi connectivity index (χ2n) is 8.17. The van der Waals surface area contributed by atoms with Crippen molar-refractivity contribution in [3.05, 3.63) is 41.5 Å². The normalized spacial score (nSPS) is 14.4. The average Bonchev–Trinajstić information content (AvgIpc) is 2.81. The number of methoxy groups -OCH3 is 2. The number of rotatable bonds is 11. The number of hydrogen-bond acceptors (Lipinski definition) is 7. The molecule has 0 spiro atoms. The fraction of sp³-hybridized carbons (Fsp3) is 0.417. The van der Waals surface area contributed by atoms with E-state index in [1.165, 1.54) is 0 Å². The first kappa shape index (κ1) is 25.1. The predicted molar refractivity (Wildman–Crippen MR) is 129 cm³/mol. The molecule has 2 atom stereocenters. The number of aliphatic hydroxyl groups excluding tert-OH is 1. The molecule has 10 nitrogen and oxygen atoms in total. The average molecular weight is 473 g/mol. The molecule has 1 aliphatic rings. The van der Waals surface area contributed by atoms with Crippen molar-refractivity contribution in [1.29, 1.82) is 0 Å². The van der Waals surface area contributed by atoms with Gasteiger partial charge in [0.15, 0.2) is 11.5 Å². The third kappa shape index (κ3) is 6.52. The predicted octanol–water partition coefficient (Wildman–Crippen LogP) is 2.04. The Bertz CT molecular complexity index is 1030. The molecule has 3 rings (SSSR count). The number of carbonyl (C=O) groups excluding carboxylic acids is 2. The van der Waals surface area contributed by atoms with Crippen molar-refractivity contribution in [2.24, 2.45) is 5.73 Å². The molecule has 34 heavy (non-hydrogen) atoms. The number of urea groups is 1. The molecule has 0 aromatic heterocycles. The monoisotopic (exact) mass is 472 g/mol. The lowest BCUT2D eigenvalue weighted by Crippen LogP contribution is -2.37. The lowest BCUT2D eigenvalue weighted by molar-refractivity contribution is -0.116. The van der Waals surface area contributed by atoms with Crippen LogP contribution < -0.4 is 35.9 Å². The number of aliphatic hydroxyl groups is 1. The molecular formula is C24H32N4O6. The molecule has 6 N–H and O–H groups in total. The Morgan fingerprint density at radius 2 is 1.94 bits per heavy atom. The molecule has 2 unspecified atom stereocenters. The number of primary amides is 1. The molecule has 0 saturated heterocycles. The van der Waals surface area contributed by atoms with E-state index >= 15 is 0 Å². The molecule has 184 valence electrons. The van der Waals surface area contributed by atoms with E-state index in [0.717, 1.165) is 17.5 Å². The Labute approximate surface area is 198 Å². The zero-order valence-corrected chi connectivity index (χ0v) is 19.6. The van der Waals surface area contributed by atoms with Crippen LogP contribution in [0.2, 0.25) is 0 Å². The van der Waals surface area contributed by atoms with Gasteiger partial charge in [0.1, 0.15) is 18.5 Å². The van der Waals surface area contributed by atoms with Gasteiger partial charge in [-0.25, -0.2) is 4.79 Å². The highest BCUT2D eigenvalue weighted by Gasteiger charge is 2.22. The standard InChI is InChI=1S/C24H32N4O6/c1-14(10-15-4-8-20(32-2)21(11-15)33-3)26-12-16(29)13-34-23-17-5-9-22(30)27-18(17)6-7-19(23)28-24(25)31/h4,6-8,11,14,16,26,29H,5,9-10,12-13H2,1-3H3,(H,27,30)(H3,25,28,31). The summed E-state index contributed by atoms with van der Waals surface area (Å²) in [6.07, 6.45) is 0.693. The summed E-state index contributed by atoms with van der Waals surface area (Å²) >= 11 is 0. The fourth-order valence-corrected chi connectivity index (χ4v) is 3.85. The molecule has 2 aromatic carbocycles. The van der Waals surface area contributed by atoms with E-state index in [-0.39, 0.29) is 18.6 Å². The number of benzene rings is 2. The first-order valence-corrected chi connectivity index (χ1v) is 11.1. The number of amides is 3. The number of fused-ring (bicyclic) bond motifs is 1. The molecule has 0 bridgehead atoms. The fourth-order valence-electron chi connectivity index (χ4n) is 3.85. The number of carbonyl (C=O) groups is 2. The molecular weight excluding hydrogens is 440 g/mol. The topological polar surface area (TPSA) is 144 Å². The second kappa shape index (κ2) is 11.6. The largest absolute Gasteiger partial charge is 0.493 e. The van der Waals surface area contributed by atoms with Gasteiger partial charge in [0.05, 0.1) is 19.9 Å². The summed E-state index contributed by atoms with van der Waals surface area (Å²) in [5.41, 5.74) is 8.12. The molecule has 3 amide bonds. The second-order valence-corrected chi connectivity index (χ2v) is 8.17. The third-order valence-electron chi connectivity index (χ3n) is 5.51. The molecule has 1 heterocycles. The lowest BCUT2D eigenvalue weighted by atomic mass is 10.0. The Balaban J connectivity index is 1.57. The van der Waals surface area contributed by atoms with E-state index in [4.69, 9.17) is 19.9 Å². The first-order valence-electron chi connectivity index (χ1n) is 11.1. The van der Waals surface area contributed by atoms with Gasteiger partial charge in [-0.1, -0.05) is 6.07 Å². The molecule has 1 aliphatic heterocycles. The maximum atomic E-state index is 11.7. The van der Waals surface area contributed by atoms with E-state index < -0.39 is 12.1 Å². The van der Waals surface area contributed by atoms with Gasteiger partial charge >= 0.3 is 6.03 Å². The van der Waals surface area contributed by atoms with Crippen LogP contribution in [0.3, 0.4) is 0 Å². The maximum Gasteiger partial charge on any atom is 0.316 e. The van der Waals surface area contributed by atoms with Crippen LogP contribution in [0.15, 0.2) is 30.3 Å². The maximum absolute atomic E-state index is 11.7. The van der Waals surface area contributed by atoms with Gasteiger partial charge in [0.25, 0.3) is 0 Å². The Hall–Kier alpha value is -3.50. The quantitative estimate of drug-likeness (QED) is 0.337. The van der Waals surface area contributed by atoms with Crippen molar-refractivity contribution < 1.29 is 28.9 Å². The van der Waals surface area contributed by atoms with Crippen LogP contribution in [0.25, 0.3) is 0 Å². The Morgan fingerprint density at radius 1 is 1.18 bits per heavy atom. The lowest BCUT2D eigenvalue weighted by Gasteiger charge is -2.24. The van der Waals surface area contributed by atoms with Crippen molar-refractivity contribution in [3.8, 4) is 17.2 Å². The highest BCUT2D eigenvalue weighted by atomic mass is 16.5. The SMILES string of the molecule is COc1ccc(CC(C)NCC(O)COc2c(NC(N)=O)ccc3c2CCC(=O)N3)cc1OC. The summed E-state index contributed by atoms with van der Waals surface area (Å²) in [4.78, 5) is 23.1. The summed E-state index contributed by atoms with van der Waals surface area (Å²) in [6, 6.07) is 8.43. The summed E-state index contributed by atoms with van der Waals surface area (Å²) in [5.74, 6) is 1.66. The molecule has 2 aromatic rings. The highest BCUT2D eigenvalue weighted by Crippen LogP contribution is 2.37. The van der Waals surface area contributed by atoms with Crippen molar-refractivity contribution in [2.75, 3.05) is 38.0 Å². The van der Waals surface area contributed by atoms with Crippen molar-refractivity contribution in [1.82, 2.24) is 5.32 Å². The van der Waals surface area contributed by atoms with Crippen molar-refractivity contribution in [2.45, 2.75) is 38.3 Å². The van der Waals surface area contributed by atoms with E-state index in [1.54, 1.807) is 26.4 Å². The van der Waals surface area contributed by atoms with Crippen LogP contribution >= 0.6 is 0 Å². The van der Waals surface area contributed by atoms with E-state index in [9.17, 15) is 14.7 Å². The van der Waals surface area contributed by atoms with Gasteiger partial charge in [-0.2, -0.15) is 0 Å². The number of anilines is 2. The number of nitrogens with one attached hydrogen (secondary N) is 3. The summed E-state index contributed by atoms with van der Waals surface area (Å²) < 4.78 is 16.5. The van der Waals surface area contributed by atoms with Gasteiger partial charge in [0, 0.05) is 30.3 Å². The summed E-state index contributed by atoms with van der Waals surface area (Å²) in [5, 5.41) is 19.1. The van der Waals surface area contributed by atoms with E-state index in [0.29, 0.717) is 48.0 Å². The minimum atomic E-state index is -0.802. The zero-order valence-electron chi connectivity index (χ0n) is 19.6. The van der Waals surface area contributed by atoms with Crippen LogP contribution in [0.5, 0.6) is 17.2 Å². The Morgan fingerprint density at radius 3 is 2.65 bits per heavy atom. The number of nitrogens with two attached hydrogens (primary N) is 1. The van der Waals surface area contributed by atoms with Crippen LogP contribution in [0.1, 0.15) is 24.5 Å². The number of hydrogen-bond donors (Lipinski definition) is 5. The van der Waals surface area contributed by atoms with E-state index in [2.05, 4.69) is 16.0 Å². The van der Waals surface area contributed by atoms with Gasteiger partial charge in [0.2, 0.25) is 5.91 Å². The van der Waals surface area contributed by atoms with Crippen LogP contribution in [-0.2, 0) is 17.6 Å². The molecule has 0 aliphatic carbocycles. The van der Waals surface area contributed by atoms with Gasteiger partial charge in [-0.05, 0) is 49.6 Å². The molecule has 10 heteroatoms. The van der Waals surface area contributed by atoms with Gasteiger partial charge in [-0.15, -0.1) is 0 Å². The zero-order chi connectivity index (χ0) is 24.7. The van der Waals surface area contributed by atoms with Crippen LogP contribution in [-0.4, -0.2) is 56.6 Å². The minimum absolute atomic E-state index is 0.00603. The van der Waals surface area contributed by atoms with Crippen LogP contribution in [0.4, 0.5) is 16.2 Å². The van der Waals surface area contributed by atoms with Crippen LogP contribution in [0, 0.1) is 0 Å². The Kier molecular flexibility index (Phi) is 8.55. The van der Waals surface area contributed by atoms with Crippen molar-refractivity contribution in [3.63, 3.8) is 0 Å². The first-order chi connectivity index (χ1) is 16.3. The summed E-state index contributed by atoms with van der Waals surface area (Å²) in [7, 11) is 3.20. The van der Waals surface area contributed by atoms with Gasteiger partial charge in [-0.3, -0.25) is 4.79 Å². The van der Waals surface area contributed by atoms with Crippen molar-refractivity contribution >= 4 is 23.3 Å². The van der Waals surface area contributed by atoms with E-state index in [1.807, 2.05) is 25.1 Å². The third-order valence-corrected chi connectivity index (χ3v) is 5.51. The number of ether oxygens (including phenoxy) is 3. The molecule has 0 fully saturated rings. The molecule has 0 radical (unpaired) electrons.